The third-order valence-electron chi connectivity index (χ3n) is 4.90. The molecule has 1 aliphatic rings. The molecule has 5 nitrogen and oxygen atoms in total. The zero-order valence-electron chi connectivity index (χ0n) is 15.6. The molecule has 1 aliphatic carbocycles. The van der Waals surface area contributed by atoms with E-state index in [4.69, 9.17) is 15.2 Å². The second kappa shape index (κ2) is 10.3. The van der Waals surface area contributed by atoms with E-state index >= 15 is 0 Å². The highest BCUT2D eigenvalue weighted by atomic mass is 16.5. The molecule has 1 aromatic carbocycles. The maximum absolute atomic E-state index is 11.4. The lowest BCUT2D eigenvalue weighted by atomic mass is 9.85. The molecule has 0 heterocycles. The lowest BCUT2D eigenvalue weighted by molar-refractivity contribution is -0.122. The van der Waals surface area contributed by atoms with Crippen LogP contribution in [0.3, 0.4) is 0 Å². The maximum atomic E-state index is 11.4. The standard InChI is InChI=1S/C20H32N2O3/c1-3-4-5-11-25-19-12-15(9-10-18(19)24-2)14-22-17-8-6-7-16(13-17)20(21)23/h9-10,12,16-17,22H,3-8,11,13-14H2,1-2H3,(H2,21,23). The first-order valence-electron chi connectivity index (χ1n) is 9.46. The summed E-state index contributed by atoms with van der Waals surface area (Å²) in [7, 11) is 1.66. The van der Waals surface area contributed by atoms with Gasteiger partial charge in [0.15, 0.2) is 11.5 Å². The Labute approximate surface area is 151 Å². The van der Waals surface area contributed by atoms with E-state index in [1.165, 1.54) is 12.8 Å². The minimum Gasteiger partial charge on any atom is -0.493 e. The average Bonchev–Trinajstić information content (AvgIpc) is 2.64. The normalized spacial score (nSPS) is 20.2. The number of nitrogens with two attached hydrogens (primary N) is 1. The molecule has 25 heavy (non-hydrogen) atoms. The molecule has 140 valence electrons. The monoisotopic (exact) mass is 348 g/mol. The molecule has 1 aromatic rings. The van der Waals surface area contributed by atoms with Gasteiger partial charge in [-0.05, 0) is 43.4 Å². The number of amides is 1. The molecule has 0 bridgehead atoms. The van der Waals surface area contributed by atoms with Crippen LogP contribution in [0, 0.1) is 5.92 Å². The van der Waals surface area contributed by atoms with E-state index in [0.717, 1.165) is 55.7 Å². The number of rotatable bonds is 10. The summed E-state index contributed by atoms with van der Waals surface area (Å²) in [6.07, 6.45) is 7.32. The number of nitrogens with one attached hydrogen (secondary N) is 1. The second-order valence-electron chi connectivity index (χ2n) is 6.88. The Morgan fingerprint density at radius 2 is 2.12 bits per heavy atom. The Morgan fingerprint density at radius 1 is 1.28 bits per heavy atom. The predicted octanol–water partition coefficient (Wildman–Crippen LogP) is 3.40. The van der Waals surface area contributed by atoms with Gasteiger partial charge in [-0.15, -0.1) is 0 Å². The van der Waals surface area contributed by atoms with Gasteiger partial charge in [-0.3, -0.25) is 4.79 Å². The molecule has 0 aliphatic heterocycles. The highest BCUT2D eigenvalue weighted by Crippen LogP contribution is 2.29. The molecule has 5 heteroatoms. The first-order chi connectivity index (χ1) is 12.1. The summed E-state index contributed by atoms with van der Waals surface area (Å²) in [5, 5.41) is 3.56. The third-order valence-corrected chi connectivity index (χ3v) is 4.90. The van der Waals surface area contributed by atoms with Gasteiger partial charge in [-0.1, -0.05) is 32.3 Å². The Bertz CT molecular complexity index is 548. The van der Waals surface area contributed by atoms with Gasteiger partial charge in [0.2, 0.25) is 5.91 Å². The third kappa shape index (κ3) is 6.24. The van der Waals surface area contributed by atoms with E-state index in [9.17, 15) is 4.79 Å². The molecule has 1 saturated carbocycles. The largest absolute Gasteiger partial charge is 0.493 e. The Morgan fingerprint density at radius 3 is 2.84 bits per heavy atom. The highest BCUT2D eigenvalue weighted by molar-refractivity contribution is 5.76. The molecule has 2 unspecified atom stereocenters. The highest BCUT2D eigenvalue weighted by Gasteiger charge is 2.25. The smallest absolute Gasteiger partial charge is 0.220 e. The molecule has 2 atom stereocenters. The number of ether oxygens (including phenoxy) is 2. The minimum atomic E-state index is -0.168. The van der Waals surface area contributed by atoms with Crippen molar-refractivity contribution in [3.8, 4) is 11.5 Å². The van der Waals surface area contributed by atoms with Gasteiger partial charge in [0.25, 0.3) is 0 Å². The van der Waals surface area contributed by atoms with E-state index < -0.39 is 0 Å². The molecule has 1 fully saturated rings. The van der Waals surface area contributed by atoms with E-state index in [1.54, 1.807) is 7.11 Å². The van der Waals surface area contributed by atoms with E-state index in [2.05, 4.69) is 18.3 Å². The van der Waals surface area contributed by atoms with Gasteiger partial charge in [0.1, 0.15) is 0 Å². The van der Waals surface area contributed by atoms with Gasteiger partial charge in [0, 0.05) is 18.5 Å². The first-order valence-corrected chi connectivity index (χ1v) is 9.46. The van der Waals surface area contributed by atoms with E-state index in [-0.39, 0.29) is 11.8 Å². The first kappa shape index (κ1) is 19.6. The Kier molecular flexibility index (Phi) is 8.06. The molecule has 0 aromatic heterocycles. The fourth-order valence-electron chi connectivity index (χ4n) is 3.37. The average molecular weight is 348 g/mol. The van der Waals surface area contributed by atoms with E-state index in [0.29, 0.717) is 12.6 Å². The van der Waals surface area contributed by atoms with E-state index in [1.807, 2.05) is 12.1 Å². The van der Waals surface area contributed by atoms with Crippen LogP contribution in [0.25, 0.3) is 0 Å². The molecule has 1 amide bonds. The van der Waals surface area contributed by atoms with Crippen molar-refractivity contribution in [1.29, 1.82) is 0 Å². The van der Waals surface area contributed by atoms with Crippen molar-refractivity contribution in [2.75, 3.05) is 13.7 Å². The zero-order chi connectivity index (χ0) is 18.1. The molecule has 3 N–H and O–H groups in total. The number of methoxy groups -OCH3 is 1. The topological polar surface area (TPSA) is 73.6 Å². The van der Waals surface area contributed by atoms with Crippen molar-refractivity contribution in [1.82, 2.24) is 5.32 Å². The van der Waals surface area contributed by atoms with Crippen molar-refractivity contribution in [3.05, 3.63) is 23.8 Å². The van der Waals surface area contributed by atoms with Crippen LogP contribution in [0.5, 0.6) is 11.5 Å². The quantitative estimate of drug-likeness (QED) is 0.636. The molecular formula is C20H32N2O3. The van der Waals surface area contributed by atoms with Crippen LogP contribution in [-0.2, 0) is 11.3 Å². The van der Waals surface area contributed by atoms with Crippen LogP contribution in [-0.4, -0.2) is 25.7 Å². The summed E-state index contributed by atoms with van der Waals surface area (Å²) in [5.41, 5.74) is 6.62. The summed E-state index contributed by atoms with van der Waals surface area (Å²) in [6.45, 7) is 3.65. The van der Waals surface area contributed by atoms with Gasteiger partial charge in [0.05, 0.1) is 13.7 Å². The van der Waals surface area contributed by atoms with Crippen LogP contribution in [0.4, 0.5) is 0 Å². The summed E-state index contributed by atoms with van der Waals surface area (Å²) >= 11 is 0. The Balaban J connectivity index is 1.89. The van der Waals surface area contributed by atoms with Crippen molar-refractivity contribution in [2.24, 2.45) is 11.7 Å². The van der Waals surface area contributed by atoms with Gasteiger partial charge >= 0.3 is 0 Å². The van der Waals surface area contributed by atoms with Crippen LogP contribution in [0.1, 0.15) is 57.4 Å². The second-order valence-corrected chi connectivity index (χ2v) is 6.88. The molecule has 0 saturated heterocycles. The van der Waals surface area contributed by atoms with Crippen LogP contribution in [0.2, 0.25) is 0 Å². The van der Waals surface area contributed by atoms with Gasteiger partial charge in [-0.25, -0.2) is 0 Å². The lowest BCUT2D eigenvalue weighted by Crippen LogP contribution is -2.38. The minimum absolute atomic E-state index is 0.0135. The number of carbonyl (C=O) groups excluding carboxylic acids is 1. The van der Waals surface area contributed by atoms with Crippen LogP contribution < -0.4 is 20.5 Å². The van der Waals surface area contributed by atoms with Crippen molar-refractivity contribution in [2.45, 2.75) is 64.5 Å². The number of carbonyl (C=O) groups is 1. The maximum Gasteiger partial charge on any atom is 0.220 e. The number of primary amides is 1. The van der Waals surface area contributed by atoms with Crippen molar-refractivity contribution >= 4 is 5.91 Å². The summed E-state index contributed by atoms with van der Waals surface area (Å²) in [4.78, 5) is 11.4. The number of unbranched alkanes of at least 4 members (excludes halogenated alkanes) is 2. The van der Waals surface area contributed by atoms with Gasteiger partial charge in [-0.2, -0.15) is 0 Å². The number of benzene rings is 1. The van der Waals surface area contributed by atoms with Crippen molar-refractivity contribution < 1.29 is 14.3 Å². The van der Waals surface area contributed by atoms with Crippen molar-refractivity contribution in [3.63, 3.8) is 0 Å². The van der Waals surface area contributed by atoms with Crippen LogP contribution >= 0.6 is 0 Å². The lowest BCUT2D eigenvalue weighted by Gasteiger charge is -2.28. The van der Waals surface area contributed by atoms with Gasteiger partial charge < -0.3 is 20.5 Å². The molecule has 0 radical (unpaired) electrons. The predicted molar refractivity (Wildman–Crippen MR) is 99.8 cm³/mol. The zero-order valence-corrected chi connectivity index (χ0v) is 15.6. The molecular weight excluding hydrogens is 316 g/mol. The number of hydrogen-bond acceptors (Lipinski definition) is 4. The molecule has 0 spiro atoms. The Hall–Kier alpha value is -1.75. The SMILES string of the molecule is CCCCCOc1cc(CNC2CCCC(C(N)=O)C2)ccc1OC. The molecule has 2 rings (SSSR count). The van der Waals surface area contributed by atoms with Crippen LogP contribution in [0.15, 0.2) is 18.2 Å². The summed E-state index contributed by atoms with van der Waals surface area (Å²) < 4.78 is 11.3. The summed E-state index contributed by atoms with van der Waals surface area (Å²) in [6, 6.07) is 6.41. The fraction of sp³-hybridized carbons (Fsp3) is 0.650. The summed E-state index contributed by atoms with van der Waals surface area (Å²) in [5.74, 6) is 1.42. The number of hydrogen-bond donors (Lipinski definition) is 2. The fourth-order valence-corrected chi connectivity index (χ4v) is 3.37.